The second-order valence-corrected chi connectivity index (χ2v) is 8.64. The van der Waals surface area contributed by atoms with Gasteiger partial charge in [0.05, 0.1) is 0 Å². The highest BCUT2D eigenvalue weighted by atomic mass is 16.3. The standard InChI is InChI=1S/C24H29NO/c26-20-10-9-19-16-23-21-8-4-5-12-24(21,22(19)17-20)13-15-25(23)14-11-18-6-2-1-3-7-18/h1-3,6-7,9-10,17,21,23,26H,4-5,8,11-16H2/t21-,23-,24+/m1/s1. The van der Waals surface area contributed by atoms with Gasteiger partial charge in [0.1, 0.15) is 5.75 Å². The lowest BCUT2D eigenvalue weighted by Crippen LogP contribution is -2.61. The van der Waals surface area contributed by atoms with Gasteiger partial charge in [-0.25, -0.2) is 0 Å². The zero-order valence-electron chi connectivity index (χ0n) is 15.5. The normalized spacial score (nSPS) is 30.5. The van der Waals surface area contributed by atoms with Gasteiger partial charge in [-0.1, -0.05) is 49.2 Å². The van der Waals surface area contributed by atoms with Crippen molar-refractivity contribution in [3.05, 3.63) is 65.2 Å². The second kappa shape index (κ2) is 6.42. The number of phenolic OH excluding ortho intramolecular Hbond substituents is 1. The van der Waals surface area contributed by atoms with Crippen molar-refractivity contribution in [2.75, 3.05) is 13.1 Å². The van der Waals surface area contributed by atoms with E-state index in [1.54, 1.807) is 0 Å². The molecule has 0 spiro atoms. The van der Waals surface area contributed by atoms with E-state index >= 15 is 0 Å². The lowest BCUT2D eigenvalue weighted by atomic mass is 9.52. The van der Waals surface area contributed by atoms with Gasteiger partial charge in [0, 0.05) is 18.0 Å². The third kappa shape index (κ3) is 2.58. The number of hydrogen-bond acceptors (Lipinski definition) is 2. The van der Waals surface area contributed by atoms with Crippen molar-refractivity contribution < 1.29 is 5.11 Å². The Kier molecular flexibility index (Phi) is 4.04. The van der Waals surface area contributed by atoms with Gasteiger partial charge in [0.25, 0.3) is 0 Å². The van der Waals surface area contributed by atoms with Crippen LogP contribution in [0.4, 0.5) is 0 Å². The first-order valence-corrected chi connectivity index (χ1v) is 10.4. The van der Waals surface area contributed by atoms with Gasteiger partial charge in [0.2, 0.25) is 0 Å². The fourth-order valence-electron chi connectivity index (χ4n) is 6.27. The molecule has 1 saturated carbocycles. The number of likely N-dealkylation sites (tertiary alicyclic amines) is 1. The van der Waals surface area contributed by atoms with Crippen molar-refractivity contribution >= 4 is 0 Å². The molecule has 3 atom stereocenters. The van der Waals surface area contributed by atoms with Crippen LogP contribution in [0.3, 0.4) is 0 Å². The van der Waals surface area contributed by atoms with Gasteiger partial charge >= 0.3 is 0 Å². The minimum absolute atomic E-state index is 0.332. The molecule has 1 saturated heterocycles. The number of phenols is 1. The van der Waals surface area contributed by atoms with Crippen molar-refractivity contribution in [3.8, 4) is 5.75 Å². The number of rotatable bonds is 3. The maximum Gasteiger partial charge on any atom is 0.115 e. The molecule has 2 heteroatoms. The molecule has 2 nitrogen and oxygen atoms in total. The maximum atomic E-state index is 10.1. The second-order valence-electron chi connectivity index (χ2n) is 8.64. The molecule has 2 aromatic rings. The Labute approximate surface area is 156 Å². The molecule has 26 heavy (non-hydrogen) atoms. The van der Waals surface area contributed by atoms with E-state index in [0.29, 0.717) is 17.2 Å². The number of nitrogens with zero attached hydrogens (tertiary/aromatic N) is 1. The van der Waals surface area contributed by atoms with Crippen LogP contribution in [-0.2, 0) is 18.3 Å². The van der Waals surface area contributed by atoms with Crippen molar-refractivity contribution in [2.24, 2.45) is 5.92 Å². The highest BCUT2D eigenvalue weighted by molar-refractivity contribution is 5.45. The Morgan fingerprint density at radius 3 is 2.81 bits per heavy atom. The van der Waals surface area contributed by atoms with Crippen molar-refractivity contribution in [2.45, 2.75) is 56.4 Å². The first-order chi connectivity index (χ1) is 12.8. The molecule has 2 aromatic carbocycles. The molecule has 3 aliphatic rings. The van der Waals surface area contributed by atoms with E-state index in [-0.39, 0.29) is 0 Å². The Morgan fingerprint density at radius 2 is 1.92 bits per heavy atom. The number of aromatic hydroxyl groups is 1. The fraction of sp³-hybridized carbons (Fsp3) is 0.500. The smallest absolute Gasteiger partial charge is 0.115 e. The Balaban J connectivity index is 1.45. The van der Waals surface area contributed by atoms with Crippen molar-refractivity contribution in [3.63, 3.8) is 0 Å². The number of piperidine rings is 1. The Hall–Kier alpha value is -1.80. The molecule has 0 unspecified atom stereocenters. The molecule has 0 aromatic heterocycles. The topological polar surface area (TPSA) is 23.5 Å². The summed E-state index contributed by atoms with van der Waals surface area (Å²) in [6.45, 7) is 2.39. The van der Waals surface area contributed by atoms with Gasteiger partial charge in [-0.2, -0.15) is 0 Å². The minimum Gasteiger partial charge on any atom is -0.508 e. The van der Waals surface area contributed by atoms with Gasteiger partial charge in [-0.05, 0) is 73.4 Å². The lowest BCUT2D eigenvalue weighted by Gasteiger charge is -2.59. The molecule has 1 N–H and O–H groups in total. The average molecular weight is 348 g/mol. The molecule has 2 bridgehead atoms. The van der Waals surface area contributed by atoms with E-state index in [1.807, 2.05) is 6.07 Å². The van der Waals surface area contributed by atoms with Crippen LogP contribution in [0.1, 0.15) is 48.8 Å². The largest absolute Gasteiger partial charge is 0.508 e. The van der Waals surface area contributed by atoms with E-state index in [9.17, 15) is 5.11 Å². The van der Waals surface area contributed by atoms with E-state index < -0.39 is 0 Å². The summed E-state index contributed by atoms with van der Waals surface area (Å²) >= 11 is 0. The highest BCUT2D eigenvalue weighted by Gasteiger charge is 2.53. The number of fused-ring (bicyclic) bond motifs is 1. The zero-order chi connectivity index (χ0) is 17.6. The summed E-state index contributed by atoms with van der Waals surface area (Å²) in [5.41, 5.74) is 4.77. The molecule has 0 amide bonds. The number of benzene rings is 2. The van der Waals surface area contributed by atoms with Crippen LogP contribution < -0.4 is 0 Å². The van der Waals surface area contributed by atoms with Crippen LogP contribution in [0.5, 0.6) is 5.75 Å². The molecule has 5 rings (SSSR count). The molecule has 1 aliphatic heterocycles. The predicted octanol–water partition coefficient (Wildman–Crippen LogP) is 4.69. The number of hydrogen-bond donors (Lipinski definition) is 1. The summed E-state index contributed by atoms with van der Waals surface area (Å²) in [5.74, 6) is 1.22. The molecule has 0 radical (unpaired) electrons. The summed E-state index contributed by atoms with van der Waals surface area (Å²) in [4.78, 5) is 2.79. The maximum absolute atomic E-state index is 10.1. The van der Waals surface area contributed by atoms with Crippen LogP contribution >= 0.6 is 0 Å². The molecule has 2 aliphatic carbocycles. The first kappa shape index (κ1) is 16.4. The van der Waals surface area contributed by atoms with Gasteiger partial charge in [-0.15, -0.1) is 0 Å². The van der Waals surface area contributed by atoms with Crippen LogP contribution in [0, 0.1) is 5.92 Å². The zero-order valence-corrected chi connectivity index (χ0v) is 15.5. The van der Waals surface area contributed by atoms with Crippen LogP contribution in [0.15, 0.2) is 48.5 Å². The summed E-state index contributed by atoms with van der Waals surface area (Å²) in [6.07, 6.45) is 8.99. The highest BCUT2D eigenvalue weighted by Crippen LogP contribution is 2.56. The average Bonchev–Trinajstić information content (AvgIpc) is 2.69. The molecular weight excluding hydrogens is 318 g/mol. The molecular formula is C24H29NO. The minimum atomic E-state index is 0.332. The van der Waals surface area contributed by atoms with E-state index in [2.05, 4.69) is 47.4 Å². The third-order valence-electron chi connectivity index (χ3n) is 7.47. The predicted molar refractivity (Wildman–Crippen MR) is 106 cm³/mol. The molecule has 1 heterocycles. The van der Waals surface area contributed by atoms with Gasteiger partial charge in [-0.3, -0.25) is 4.90 Å². The fourth-order valence-corrected chi connectivity index (χ4v) is 6.27. The quantitative estimate of drug-likeness (QED) is 0.870. The van der Waals surface area contributed by atoms with E-state index in [1.165, 1.54) is 61.9 Å². The Morgan fingerprint density at radius 1 is 1.04 bits per heavy atom. The van der Waals surface area contributed by atoms with Gasteiger partial charge < -0.3 is 5.11 Å². The van der Waals surface area contributed by atoms with Crippen molar-refractivity contribution in [1.82, 2.24) is 4.90 Å². The Bertz CT molecular complexity index is 786. The monoisotopic (exact) mass is 347 g/mol. The lowest BCUT2D eigenvalue weighted by molar-refractivity contribution is -0.0106. The van der Waals surface area contributed by atoms with Crippen molar-refractivity contribution in [1.29, 1.82) is 0 Å². The summed E-state index contributed by atoms with van der Waals surface area (Å²) in [7, 11) is 0. The van der Waals surface area contributed by atoms with Crippen LogP contribution in [0.2, 0.25) is 0 Å². The van der Waals surface area contributed by atoms with E-state index in [0.717, 1.165) is 18.8 Å². The summed E-state index contributed by atoms with van der Waals surface area (Å²) < 4.78 is 0. The van der Waals surface area contributed by atoms with Gasteiger partial charge in [0.15, 0.2) is 0 Å². The van der Waals surface area contributed by atoms with Crippen LogP contribution in [-0.4, -0.2) is 29.1 Å². The summed E-state index contributed by atoms with van der Waals surface area (Å²) in [5, 5.41) is 10.1. The molecule has 136 valence electrons. The van der Waals surface area contributed by atoms with E-state index in [4.69, 9.17) is 0 Å². The SMILES string of the molecule is Oc1ccc2c(c1)[C@]13CCCC[C@@H]1[C@@H](C2)N(CCc1ccccc1)CC3. The summed E-state index contributed by atoms with van der Waals surface area (Å²) in [6, 6.07) is 17.8. The third-order valence-corrected chi connectivity index (χ3v) is 7.47. The van der Waals surface area contributed by atoms with Crippen LogP contribution in [0.25, 0.3) is 0 Å². The first-order valence-electron chi connectivity index (χ1n) is 10.4. The molecule has 2 fully saturated rings.